The fraction of sp³-hybridized carbons (Fsp3) is 0.333. The Bertz CT molecular complexity index is 1000. The molecule has 0 amide bonds. The molecule has 0 unspecified atom stereocenters. The second-order valence-electron chi connectivity index (χ2n) is 11.1. The summed E-state index contributed by atoms with van der Waals surface area (Å²) in [4.78, 5) is 0. The quantitative estimate of drug-likeness (QED) is 0.335. The van der Waals surface area contributed by atoms with Crippen LogP contribution in [-0.2, 0) is 23.0 Å². The summed E-state index contributed by atoms with van der Waals surface area (Å²) in [5.41, 5.74) is 5.80. The summed E-state index contributed by atoms with van der Waals surface area (Å²) >= 11 is 1.45. The van der Waals surface area contributed by atoms with E-state index in [1.54, 1.807) is 0 Å². The standard InChI is InChI=1S/2C14H17Si.C2H6Si.2ClH.Hf/c2*1-15(2,3)14-10-9-13(11-14)12-7-5-4-6-8-12;1-3-2;;;/h2*4-8,11H,9H2,1-3H3;1-2H3;2*1H;/q2*-1;;;;+2/p-2. The number of allylic oxidation sites excluding steroid dienone is 8. The first-order valence-electron chi connectivity index (χ1n) is 12.1. The van der Waals surface area contributed by atoms with Gasteiger partial charge in [0.2, 0.25) is 0 Å². The zero-order chi connectivity index (χ0) is 25.4. The molecule has 0 atom stereocenters. The summed E-state index contributed by atoms with van der Waals surface area (Å²) in [6, 6.07) is 21.3. The van der Waals surface area contributed by atoms with Crippen LogP contribution in [0.3, 0.4) is 0 Å². The van der Waals surface area contributed by atoms with Crippen LogP contribution in [0.15, 0.2) is 83.2 Å². The van der Waals surface area contributed by atoms with Gasteiger partial charge in [-0.2, -0.15) is 0 Å². The third-order valence-corrected chi connectivity index (χ3v) is 9.36. The zero-order valence-corrected chi connectivity index (χ0v) is 31.2. The van der Waals surface area contributed by atoms with Crippen molar-refractivity contribution < 1.29 is 47.8 Å². The summed E-state index contributed by atoms with van der Waals surface area (Å²) in [5.74, 6) is 0. The Morgan fingerprint density at radius 3 is 1.11 bits per heavy atom. The van der Waals surface area contributed by atoms with Crippen LogP contribution in [0.25, 0.3) is 11.1 Å². The summed E-state index contributed by atoms with van der Waals surface area (Å²) in [7, 11) is -2.34. The minimum Gasteiger partial charge on any atom is -1.00 e. The van der Waals surface area contributed by atoms with Crippen LogP contribution in [0.4, 0.5) is 0 Å². The normalized spacial score (nSPS) is 14.3. The Morgan fingerprint density at radius 1 is 0.611 bits per heavy atom. The number of hydrogen-bond acceptors (Lipinski definition) is 0. The first-order valence-corrected chi connectivity index (χ1v) is 27.0. The van der Waals surface area contributed by atoms with Gasteiger partial charge in [0.1, 0.15) is 0 Å². The van der Waals surface area contributed by atoms with Crippen molar-refractivity contribution in [3.8, 4) is 0 Å². The van der Waals surface area contributed by atoms with Gasteiger partial charge in [0.05, 0.1) is 0 Å². The minimum absolute atomic E-state index is 0. The van der Waals surface area contributed by atoms with Gasteiger partial charge in [0.25, 0.3) is 0 Å². The smallest absolute Gasteiger partial charge is 1.00 e. The van der Waals surface area contributed by atoms with Gasteiger partial charge in [-0.3, -0.25) is 12.2 Å². The van der Waals surface area contributed by atoms with Crippen molar-refractivity contribution in [3.05, 3.63) is 106 Å². The molecule has 2 aromatic carbocycles. The fourth-order valence-electron chi connectivity index (χ4n) is 3.57. The van der Waals surface area contributed by atoms with Crippen molar-refractivity contribution in [2.75, 3.05) is 0 Å². The summed E-state index contributed by atoms with van der Waals surface area (Å²) < 4.78 is 0. The SMILES string of the molecule is C[Si](C)(C)C1=[C-]CC(c2ccccc2)=C1.C[Si](C)(C)C1=[C-]CC(c2ccccc2)=C1.C[Si](C)=[Hf+2].[Cl-].[Cl-]. The molecular formula is C30H40Cl2HfSi3-2. The first kappa shape index (κ1) is 35.5. The number of rotatable bonds is 4. The van der Waals surface area contributed by atoms with Gasteiger partial charge in [0, 0.05) is 16.1 Å². The molecule has 0 heterocycles. The molecule has 0 saturated carbocycles. The van der Waals surface area contributed by atoms with Gasteiger partial charge in [-0.05, 0) is 11.1 Å². The van der Waals surface area contributed by atoms with Crippen LogP contribution in [0.2, 0.25) is 52.4 Å². The maximum atomic E-state index is 3.53. The van der Waals surface area contributed by atoms with Crippen LogP contribution < -0.4 is 24.8 Å². The Hall–Kier alpha value is -0.499. The Balaban J connectivity index is 0.000000566. The zero-order valence-electron chi connectivity index (χ0n) is 23.1. The van der Waals surface area contributed by atoms with E-state index in [2.05, 4.69) is 137 Å². The molecule has 192 valence electrons. The van der Waals surface area contributed by atoms with Crippen molar-refractivity contribution in [1.82, 2.24) is 0 Å². The van der Waals surface area contributed by atoms with E-state index in [4.69, 9.17) is 0 Å². The number of hydrogen-bond donors (Lipinski definition) is 0. The molecule has 6 heteroatoms. The molecule has 0 aromatic heterocycles. The Kier molecular flexibility index (Phi) is 16.2. The molecule has 0 aliphatic heterocycles. The predicted octanol–water partition coefficient (Wildman–Crippen LogP) is 2.95. The Labute approximate surface area is 250 Å². The molecule has 0 bridgehead atoms. The van der Waals surface area contributed by atoms with Gasteiger partial charge in [-0.25, -0.2) is 22.5 Å². The van der Waals surface area contributed by atoms with E-state index < -0.39 is 16.1 Å². The maximum Gasteiger partial charge on any atom is -1.00 e. The predicted molar refractivity (Wildman–Crippen MR) is 156 cm³/mol. The van der Waals surface area contributed by atoms with Crippen LogP contribution in [0, 0.1) is 12.2 Å². The average Bonchev–Trinajstić information content (AvgIpc) is 3.45. The molecule has 0 radical (unpaired) electrons. The van der Waals surface area contributed by atoms with Crippen LogP contribution >= 0.6 is 0 Å². The maximum absolute atomic E-state index is 3.53. The average molecular weight is 734 g/mol. The van der Waals surface area contributed by atoms with Gasteiger partial charge < -0.3 is 24.8 Å². The van der Waals surface area contributed by atoms with E-state index in [1.807, 2.05) is 0 Å². The van der Waals surface area contributed by atoms with Gasteiger partial charge >= 0.3 is 41.6 Å². The van der Waals surface area contributed by atoms with E-state index in [1.165, 1.54) is 55.7 Å². The van der Waals surface area contributed by atoms with Crippen molar-refractivity contribution >= 4 is 32.8 Å². The third-order valence-electron chi connectivity index (χ3n) is 5.48. The molecule has 0 nitrogen and oxygen atoms in total. The number of benzene rings is 2. The van der Waals surface area contributed by atoms with Crippen molar-refractivity contribution in [2.24, 2.45) is 0 Å². The topological polar surface area (TPSA) is 0 Å². The molecule has 0 N–H and O–H groups in total. The van der Waals surface area contributed by atoms with E-state index in [9.17, 15) is 0 Å². The van der Waals surface area contributed by atoms with Crippen LogP contribution in [0.5, 0.6) is 0 Å². The van der Waals surface area contributed by atoms with E-state index in [0.717, 1.165) is 12.8 Å². The largest absolute Gasteiger partial charge is 1.00 e. The third kappa shape index (κ3) is 12.4. The van der Waals surface area contributed by atoms with E-state index in [0.29, 0.717) is 0 Å². The van der Waals surface area contributed by atoms with Gasteiger partial charge in [0.15, 0.2) is 0 Å². The van der Waals surface area contributed by atoms with Gasteiger partial charge in [-0.15, -0.1) is 24.0 Å². The minimum atomic E-state index is -1.17. The summed E-state index contributed by atoms with van der Waals surface area (Å²) in [6.07, 6.45) is 13.7. The Morgan fingerprint density at radius 2 is 0.889 bits per heavy atom. The van der Waals surface area contributed by atoms with Crippen LogP contribution in [0.1, 0.15) is 24.0 Å². The molecule has 4 rings (SSSR count). The molecule has 36 heavy (non-hydrogen) atoms. The second kappa shape index (κ2) is 16.5. The molecule has 2 aliphatic rings. The van der Waals surface area contributed by atoms with Crippen LogP contribution in [-0.4, -0.2) is 21.6 Å². The fourth-order valence-corrected chi connectivity index (χ4v) is 6.02. The molecule has 0 spiro atoms. The van der Waals surface area contributed by atoms with E-state index >= 15 is 0 Å². The first-order chi connectivity index (χ1) is 15.9. The van der Waals surface area contributed by atoms with Crippen molar-refractivity contribution in [2.45, 2.75) is 65.2 Å². The summed E-state index contributed by atoms with van der Waals surface area (Å²) in [6.45, 7) is 18.9. The monoisotopic (exact) mass is 734 g/mol. The molecule has 2 aromatic rings. The van der Waals surface area contributed by atoms with Crippen molar-refractivity contribution in [3.63, 3.8) is 0 Å². The molecular weight excluding hydrogens is 694 g/mol. The summed E-state index contributed by atoms with van der Waals surface area (Å²) in [5, 5.41) is 2.95. The molecule has 2 aliphatic carbocycles. The van der Waals surface area contributed by atoms with Gasteiger partial charge in [-0.1, -0.05) is 99.9 Å². The molecule has 0 saturated heterocycles. The van der Waals surface area contributed by atoms with E-state index in [-0.39, 0.29) is 30.3 Å². The van der Waals surface area contributed by atoms with Crippen molar-refractivity contribution in [1.29, 1.82) is 0 Å². The second-order valence-corrected chi connectivity index (χ2v) is 34.0. The molecule has 0 fully saturated rings. The number of halogens is 2.